The van der Waals surface area contributed by atoms with Crippen LogP contribution in [0, 0.1) is 0 Å². The van der Waals surface area contributed by atoms with Crippen LogP contribution in [0.25, 0.3) is 10.9 Å². The number of fused-ring (bicyclic) bond motifs is 1. The first-order valence-corrected chi connectivity index (χ1v) is 15.6. The van der Waals surface area contributed by atoms with Crippen molar-refractivity contribution in [3.8, 4) is 0 Å². The molecule has 4 rings (SSSR count). The van der Waals surface area contributed by atoms with Gasteiger partial charge in [0.25, 0.3) is 10.0 Å². The third-order valence-electron chi connectivity index (χ3n) is 5.24. The van der Waals surface area contributed by atoms with E-state index in [1.54, 1.807) is 23.6 Å². The molecular weight excluding hydrogens is 517 g/mol. The van der Waals surface area contributed by atoms with E-state index in [2.05, 4.69) is 15.3 Å². The summed E-state index contributed by atoms with van der Waals surface area (Å²) < 4.78 is 49.9. The van der Waals surface area contributed by atoms with Crippen LogP contribution in [0.2, 0.25) is 0 Å². The third kappa shape index (κ3) is 5.48. The van der Waals surface area contributed by atoms with Gasteiger partial charge in [-0.2, -0.15) is 0 Å². The van der Waals surface area contributed by atoms with E-state index in [1.165, 1.54) is 34.5 Å². The fraction of sp³-hybridized carbons (Fsp3) is 0.333. The van der Waals surface area contributed by atoms with Gasteiger partial charge in [0.2, 0.25) is 5.91 Å². The second-order valence-electron chi connectivity index (χ2n) is 7.90. The highest BCUT2D eigenvalue weighted by molar-refractivity contribution is 8.15. The van der Waals surface area contributed by atoms with Gasteiger partial charge < -0.3 is 10.3 Å². The summed E-state index contributed by atoms with van der Waals surface area (Å²) in [5, 5.41) is 5.91. The number of hydrogen-bond acceptors (Lipinski definition) is 8. The number of rotatable bonds is 9. The first kappa shape index (κ1) is 24.8. The maximum atomic E-state index is 13.0. The average molecular weight is 541 g/mol. The van der Waals surface area contributed by atoms with Gasteiger partial charge in [-0.05, 0) is 23.6 Å². The lowest BCUT2D eigenvalue weighted by Crippen LogP contribution is -2.31. The summed E-state index contributed by atoms with van der Waals surface area (Å²) in [5.41, 5.74) is 1.97. The molecule has 1 amide bonds. The van der Waals surface area contributed by atoms with Gasteiger partial charge in [-0.3, -0.25) is 14.1 Å². The molecule has 0 saturated carbocycles. The number of aromatic nitrogens is 1. The van der Waals surface area contributed by atoms with Gasteiger partial charge in [-0.1, -0.05) is 30.0 Å². The van der Waals surface area contributed by atoms with E-state index in [4.69, 9.17) is 0 Å². The van der Waals surface area contributed by atoms with Gasteiger partial charge in [-0.25, -0.2) is 16.8 Å². The average Bonchev–Trinajstić information content (AvgIpc) is 3.51. The van der Waals surface area contributed by atoms with E-state index in [0.717, 1.165) is 22.4 Å². The number of thioether (sulfide) groups is 1. The number of aromatic amines is 1. The molecule has 1 unspecified atom stereocenters. The van der Waals surface area contributed by atoms with Crippen LogP contribution in [0.1, 0.15) is 12.1 Å². The number of nitrogens with one attached hydrogen (secondary N) is 2. The Morgan fingerprint density at radius 3 is 2.74 bits per heavy atom. The van der Waals surface area contributed by atoms with E-state index in [1.807, 2.05) is 18.2 Å². The van der Waals surface area contributed by atoms with Crippen molar-refractivity contribution in [3.63, 3.8) is 0 Å². The molecule has 3 aromatic rings. The number of thiophene rings is 1. The Morgan fingerprint density at radius 2 is 2.03 bits per heavy atom. The Kier molecular flexibility index (Phi) is 7.08. The summed E-state index contributed by atoms with van der Waals surface area (Å²) in [4.78, 5) is 20.0. The Balaban J connectivity index is 1.47. The van der Waals surface area contributed by atoms with E-state index >= 15 is 0 Å². The summed E-state index contributed by atoms with van der Waals surface area (Å²) in [6, 6.07) is 10.7. The van der Waals surface area contributed by atoms with Crippen molar-refractivity contribution in [2.45, 2.75) is 15.9 Å². The van der Waals surface area contributed by atoms with Crippen LogP contribution in [0.15, 0.2) is 51.0 Å². The number of aliphatic imine (C=N–C) groups is 1. The van der Waals surface area contributed by atoms with Crippen LogP contribution < -0.4 is 9.62 Å². The molecular formula is C21H24N4O5S4. The molecule has 0 fully saturated rings. The van der Waals surface area contributed by atoms with Gasteiger partial charge in [-0.15, -0.1) is 11.3 Å². The number of H-pyrrole nitrogens is 1. The zero-order valence-corrected chi connectivity index (χ0v) is 21.8. The molecule has 1 aliphatic rings. The van der Waals surface area contributed by atoms with Gasteiger partial charge >= 0.3 is 0 Å². The summed E-state index contributed by atoms with van der Waals surface area (Å²) in [7, 11) is -5.27. The topological polar surface area (TPSA) is 129 Å². The van der Waals surface area contributed by atoms with Crippen molar-refractivity contribution in [2.75, 3.05) is 36.5 Å². The lowest BCUT2D eigenvalue weighted by Gasteiger charge is -2.19. The zero-order chi connectivity index (χ0) is 24.5. The predicted molar refractivity (Wildman–Crippen MR) is 138 cm³/mol. The Morgan fingerprint density at radius 1 is 1.24 bits per heavy atom. The monoisotopic (exact) mass is 540 g/mol. The van der Waals surface area contributed by atoms with Crippen molar-refractivity contribution in [1.29, 1.82) is 0 Å². The lowest BCUT2D eigenvalue weighted by molar-refractivity contribution is -0.120. The van der Waals surface area contributed by atoms with Crippen molar-refractivity contribution in [1.82, 2.24) is 10.3 Å². The molecule has 2 aromatic heterocycles. The second-order valence-corrected chi connectivity index (χ2v) is 14.6. The van der Waals surface area contributed by atoms with Crippen LogP contribution in [-0.2, 0) is 24.7 Å². The highest BCUT2D eigenvalue weighted by Gasteiger charge is 2.27. The fourth-order valence-electron chi connectivity index (χ4n) is 3.52. The van der Waals surface area contributed by atoms with E-state index in [0.29, 0.717) is 17.7 Å². The molecule has 0 aliphatic carbocycles. The van der Waals surface area contributed by atoms with Crippen LogP contribution in [0.3, 0.4) is 0 Å². The fourth-order valence-corrected chi connectivity index (χ4v) is 7.45. The summed E-state index contributed by atoms with van der Waals surface area (Å²) >= 11 is 2.64. The number of carbonyl (C=O) groups is 1. The Labute approximate surface area is 206 Å². The second kappa shape index (κ2) is 9.72. The number of nitrogens with zero attached hydrogens (tertiary/aromatic N) is 2. The van der Waals surface area contributed by atoms with Crippen molar-refractivity contribution in [2.24, 2.45) is 4.99 Å². The SMILES string of the molecule is CN(c1cccc2cc(C3=NCC(CC(=O)NCCS(C)(=O)=O)S3)[nH]c12)S(=O)(=O)c1cccs1. The van der Waals surface area contributed by atoms with Crippen molar-refractivity contribution >= 4 is 70.5 Å². The summed E-state index contributed by atoms with van der Waals surface area (Å²) in [5.74, 6) is -0.302. The zero-order valence-electron chi connectivity index (χ0n) is 18.5. The molecule has 1 atom stereocenters. The standard InChI is InChI=1S/C21H24N4O5S4/c1-25(34(29,30)19-7-4-9-31-19)17-6-3-5-14-11-16(24-20(14)17)21-23-13-15(32-21)12-18(26)22-8-10-33(2,27)28/h3-7,9,11,15,24H,8,10,12-13H2,1-2H3,(H,22,26). The smallest absolute Gasteiger partial charge is 0.273 e. The molecule has 0 radical (unpaired) electrons. The Bertz CT molecular complexity index is 1440. The highest BCUT2D eigenvalue weighted by atomic mass is 32.2. The molecule has 182 valence electrons. The number of anilines is 1. The van der Waals surface area contributed by atoms with Gasteiger partial charge in [0.15, 0.2) is 0 Å². The molecule has 34 heavy (non-hydrogen) atoms. The molecule has 0 spiro atoms. The number of sulfonamides is 1. The van der Waals surface area contributed by atoms with Gasteiger partial charge in [0.1, 0.15) is 19.1 Å². The minimum absolute atomic E-state index is 0.0546. The normalized spacial score (nSPS) is 16.5. The van der Waals surface area contributed by atoms with Crippen LogP contribution in [0.5, 0.6) is 0 Å². The van der Waals surface area contributed by atoms with Crippen molar-refractivity contribution in [3.05, 3.63) is 47.5 Å². The van der Waals surface area contributed by atoms with Gasteiger partial charge in [0, 0.05) is 36.9 Å². The number of para-hydroxylation sites is 1. The molecule has 1 aromatic carbocycles. The molecule has 1 aliphatic heterocycles. The largest absolute Gasteiger partial charge is 0.355 e. The van der Waals surface area contributed by atoms with Crippen molar-refractivity contribution < 1.29 is 21.6 Å². The van der Waals surface area contributed by atoms with Crippen LogP contribution in [-0.4, -0.2) is 70.2 Å². The van der Waals surface area contributed by atoms with Crippen LogP contribution >= 0.6 is 23.1 Å². The maximum absolute atomic E-state index is 13.0. The molecule has 0 bridgehead atoms. The number of sulfone groups is 1. The summed E-state index contributed by atoms with van der Waals surface area (Å²) in [6.07, 6.45) is 1.36. The number of carbonyl (C=O) groups excluding carboxylic acids is 1. The first-order valence-electron chi connectivity index (χ1n) is 10.3. The molecule has 0 saturated heterocycles. The molecule has 2 N–H and O–H groups in total. The maximum Gasteiger partial charge on any atom is 0.273 e. The van der Waals surface area contributed by atoms with E-state index in [-0.39, 0.29) is 34.1 Å². The summed E-state index contributed by atoms with van der Waals surface area (Å²) in [6.45, 7) is 0.559. The molecule has 13 heteroatoms. The number of hydrogen-bond donors (Lipinski definition) is 2. The quantitative estimate of drug-likeness (QED) is 0.429. The Hall–Kier alpha value is -2.35. The van der Waals surface area contributed by atoms with E-state index < -0.39 is 19.9 Å². The number of amides is 1. The van der Waals surface area contributed by atoms with E-state index in [9.17, 15) is 21.6 Å². The lowest BCUT2D eigenvalue weighted by atomic mass is 10.2. The molecule has 3 heterocycles. The number of benzene rings is 1. The third-order valence-corrected chi connectivity index (χ3v) is 10.6. The minimum Gasteiger partial charge on any atom is -0.355 e. The first-order chi connectivity index (χ1) is 16.0. The van der Waals surface area contributed by atoms with Gasteiger partial charge in [0.05, 0.1) is 29.2 Å². The minimum atomic E-state index is -3.67. The highest BCUT2D eigenvalue weighted by Crippen LogP contribution is 2.34. The predicted octanol–water partition coefficient (Wildman–Crippen LogP) is 2.47. The molecule has 9 nitrogen and oxygen atoms in total. The van der Waals surface area contributed by atoms with Crippen LogP contribution in [0.4, 0.5) is 5.69 Å².